The lowest BCUT2D eigenvalue weighted by atomic mass is 10.8. The topological polar surface area (TPSA) is 41.9 Å². The summed E-state index contributed by atoms with van der Waals surface area (Å²) < 4.78 is -0.544. The van der Waals surface area contributed by atoms with Gasteiger partial charge >= 0.3 is 6.09 Å². The van der Waals surface area contributed by atoms with E-state index in [1.54, 1.807) is 11.8 Å². The van der Waals surface area contributed by atoms with Crippen molar-refractivity contribution >= 4 is 81.4 Å². The quantitative estimate of drug-likeness (QED) is 0.314. The molecule has 0 unspecified atom stereocenters. The third-order valence-electron chi connectivity index (χ3n) is 1.46. The Morgan fingerprint density at radius 1 is 1.61 bits per heavy atom. The number of hydrogen-bond acceptors (Lipinski definition) is 6. The third kappa shape index (κ3) is 7.25. The number of carbonyl (C=O) groups excluding carboxylic acids is 1. The molecule has 0 fully saturated rings. The van der Waals surface area contributed by atoms with Gasteiger partial charge in [0, 0.05) is 30.5 Å². The number of alkyl halides is 3. The Hall–Kier alpha value is 0.600. The number of nitrogens with zero attached hydrogens (tertiary/aromatic N) is 2. The molecule has 1 aliphatic heterocycles. The molecule has 0 saturated carbocycles. The maximum absolute atomic E-state index is 11.5. The molecule has 0 aromatic rings. The summed E-state index contributed by atoms with van der Waals surface area (Å²) in [7, 11) is 1.43. The van der Waals surface area contributed by atoms with Gasteiger partial charge in [0.2, 0.25) is 0 Å². The number of hydrogen-bond donors (Lipinski definition) is 0. The maximum Gasteiger partial charge on any atom is 0.445 e. The molecule has 0 aliphatic carbocycles. The summed E-state index contributed by atoms with van der Waals surface area (Å²) in [5, 5.41) is 6.39. The smallest absolute Gasteiger partial charge is 0.296 e. The minimum atomic E-state index is -1.61. The molecular formula is C8H9Cl3N2O2S3. The first kappa shape index (κ1) is 16.7. The van der Waals surface area contributed by atoms with Crippen LogP contribution in [0.3, 0.4) is 0 Å². The van der Waals surface area contributed by atoms with Gasteiger partial charge in [-0.2, -0.15) is 11.8 Å². The predicted octanol–water partition coefficient (Wildman–Crippen LogP) is 4.34. The van der Waals surface area contributed by atoms with E-state index in [9.17, 15) is 4.79 Å². The van der Waals surface area contributed by atoms with E-state index in [2.05, 4.69) is 5.16 Å². The highest BCUT2D eigenvalue weighted by Gasteiger charge is 2.27. The highest BCUT2D eigenvalue weighted by atomic mass is 35.6. The Balaban J connectivity index is 2.44. The van der Waals surface area contributed by atoms with Crippen molar-refractivity contribution in [3.05, 3.63) is 11.5 Å². The molecule has 0 radical (unpaired) electrons. The molecule has 102 valence electrons. The van der Waals surface area contributed by atoms with Crippen molar-refractivity contribution in [1.82, 2.24) is 4.31 Å². The lowest BCUT2D eigenvalue weighted by molar-refractivity contribution is 0.137. The summed E-state index contributed by atoms with van der Waals surface area (Å²) in [5.74, 6) is 1.62. The first-order chi connectivity index (χ1) is 8.38. The highest BCUT2D eigenvalue weighted by molar-refractivity contribution is 8.18. The van der Waals surface area contributed by atoms with E-state index in [1.807, 2.05) is 11.5 Å². The van der Waals surface area contributed by atoms with Crippen molar-refractivity contribution in [3.8, 4) is 0 Å². The number of amides is 1. The average Bonchev–Trinajstić information content (AvgIpc) is 2.51. The van der Waals surface area contributed by atoms with Crippen LogP contribution in [0.25, 0.3) is 0 Å². The van der Waals surface area contributed by atoms with Gasteiger partial charge in [0.15, 0.2) is 0 Å². The van der Waals surface area contributed by atoms with Crippen LogP contribution in [0.5, 0.6) is 0 Å². The van der Waals surface area contributed by atoms with Crippen LogP contribution >= 0.6 is 70.3 Å². The summed E-state index contributed by atoms with van der Waals surface area (Å²) in [6, 6.07) is 0. The van der Waals surface area contributed by atoms with Gasteiger partial charge in [-0.3, -0.25) is 4.84 Å². The van der Waals surface area contributed by atoms with Crippen LogP contribution in [-0.4, -0.2) is 37.1 Å². The van der Waals surface area contributed by atoms with Crippen LogP contribution < -0.4 is 0 Å². The lowest BCUT2D eigenvalue weighted by Crippen LogP contribution is -2.22. The van der Waals surface area contributed by atoms with Gasteiger partial charge in [-0.25, -0.2) is 9.10 Å². The summed E-state index contributed by atoms with van der Waals surface area (Å²) in [6.45, 7) is 0. The van der Waals surface area contributed by atoms with Gasteiger partial charge in [0.25, 0.3) is 3.12 Å². The van der Waals surface area contributed by atoms with Gasteiger partial charge in [-0.05, 0) is 5.41 Å². The summed E-state index contributed by atoms with van der Waals surface area (Å²) >= 11 is 20.4. The molecular weight excluding hydrogens is 359 g/mol. The molecule has 1 rings (SSSR count). The Bertz CT molecular complexity index is 360. The Labute approximate surface area is 133 Å². The molecule has 0 aromatic carbocycles. The van der Waals surface area contributed by atoms with E-state index in [4.69, 9.17) is 39.6 Å². The molecule has 0 atom stereocenters. The number of thioether (sulfide) groups is 2. The largest absolute Gasteiger partial charge is 0.445 e. The molecule has 4 nitrogen and oxygen atoms in total. The number of halogens is 3. The number of oxime groups is 1. The lowest BCUT2D eigenvalue weighted by Gasteiger charge is -2.17. The second-order valence-corrected chi connectivity index (χ2v) is 9.19. The summed E-state index contributed by atoms with van der Waals surface area (Å²) in [4.78, 5) is 16.3. The molecule has 1 amide bonds. The Kier molecular flexibility index (Phi) is 7.41. The average molecular weight is 368 g/mol. The molecule has 0 saturated heterocycles. The number of rotatable bonds is 2. The first-order valence-electron chi connectivity index (χ1n) is 4.55. The zero-order chi connectivity index (χ0) is 13.6. The minimum Gasteiger partial charge on any atom is -0.296 e. The van der Waals surface area contributed by atoms with E-state index in [-0.39, 0.29) is 0 Å². The number of carbonyl (C=O) groups is 1. The zero-order valence-electron chi connectivity index (χ0n) is 9.14. The standard InChI is InChI=1S/C8H9Cl3N2O2S3/c1-13(18-8(9,10)11)7(14)15-12-6-5-16-3-2-4-17-6/h2,4H,3,5H2,1H3. The third-order valence-corrected chi connectivity index (χ3v) is 4.62. The van der Waals surface area contributed by atoms with Gasteiger partial charge in [-0.1, -0.05) is 57.8 Å². The fourth-order valence-corrected chi connectivity index (χ4v) is 3.80. The molecule has 1 aliphatic rings. The Morgan fingerprint density at radius 2 is 2.33 bits per heavy atom. The first-order valence-corrected chi connectivity index (χ1v) is 8.49. The normalized spacial score (nSPS) is 18.6. The van der Waals surface area contributed by atoms with Crippen molar-refractivity contribution < 1.29 is 9.63 Å². The fraction of sp³-hybridized carbons (Fsp3) is 0.500. The van der Waals surface area contributed by atoms with Crippen LogP contribution in [0.15, 0.2) is 16.6 Å². The van der Waals surface area contributed by atoms with E-state index in [0.717, 1.165) is 15.1 Å². The van der Waals surface area contributed by atoms with Crippen molar-refractivity contribution in [2.45, 2.75) is 3.12 Å². The molecule has 18 heavy (non-hydrogen) atoms. The van der Waals surface area contributed by atoms with Crippen LogP contribution in [0, 0.1) is 0 Å². The predicted molar refractivity (Wildman–Crippen MR) is 83.6 cm³/mol. The van der Waals surface area contributed by atoms with Crippen molar-refractivity contribution in [2.24, 2.45) is 5.16 Å². The van der Waals surface area contributed by atoms with E-state index >= 15 is 0 Å². The Morgan fingerprint density at radius 3 is 3.00 bits per heavy atom. The van der Waals surface area contributed by atoms with Crippen molar-refractivity contribution in [3.63, 3.8) is 0 Å². The van der Waals surface area contributed by atoms with Crippen LogP contribution in [0.1, 0.15) is 0 Å². The van der Waals surface area contributed by atoms with Gasteiger partial charge in [0.05, 0.1) is 0 Å². The van der Waals surface area contributed by atoms with Crippen LogP contribution in [-0.2, 0) is 4.84 Å². The minimum absolute atomic E-state index is 0.697. The van der Waals surface area contributed by atoms with E-state index in [1.165, 1.54) is 18.8 Å². The van der Waals surface area contributed by atoms with Gasteiger partial charge in [0.1, 0.15) is 5.04 Å². The van der Waals surface area contributed by atoms with Crippen molar-refractivity contribution in [1.29, 1.82) is 0 Å². The molecule has 1 heterocycles. The molecule has 0 aromatic heterocycles. The van der Waals surface area contributed by atoms with Crippen molar-refractivity contribution in [2.75, 3.05) is 18.6 Å². The van der Waals surface area contributed by atoms with E-state index in [0.29, 0.717) is 17.7 Å². The van der Waals surface area contributed by atoms with E-state index < -0.39 is 9.22 Å². The molecule has 10 heteroatoms. The fourth-order valence-electron chi connectivity index (χ4n) is 0.802. The SMILES string of the molecule is CN(SC(Cl)(Cl)Cl)C(=O)ON=C1CSCC=CS1. The summed E-state index contributed by atoms with van der Waals surface area (Å²) in [6.07, 6.45) is 1.32. The summed E-state index contributed by atoms with van der Waals surface area (Å²) in [5.41, 5.74) is 0. The molecule has 0 spiro atoms. The van der Waals surface area contributed by atoms with Crippen LogP contribution in [0.2, 0.25) is 0 Å². The van der Waals surface area contributed by atoms with Crippen LogP contribution in [0.4, 0.5) is 4.79 Å². The van der Waals surface area contributed by atoms with Gasteiger partial charge in [-0.15, -0.1) is 0 Å². The maximum atomic E-state index is 11.5. The second-order valence-electron chi connectivity index (χ2n) is 2.88. The second kappa shape index (κ2) is 8.01. The molecule has 0 bridgehead atoms. The monoisotopic (exact) mass is 366 g/mol. The molecule has 0 N–H and O–H groups in total. The highest BCUT2D eigenvalue weighted by Crippen LogP contribution is 2.40. The zero-order valence-corrected chi connectivity index (χ0v) is 13.9. The van der Waals surface area contributed by atoms with Gasteiger partial charge < -0.3 is 0 Å².